The summed E-state index contributed by atoms with van der Waals surface area (Å²) in [6.07, 6.45) is 0. The van der Waals surface area contributed by atoms with E-state index < -0.39 is 0 Å². The van der Waals surface area contributed by atoms with Gasteiger partial charge in [0, 0.05) is 106 Å². The van der Waals surface area contributed by atoms with Crippen molar-refractivity contribution >= 4 is 150 Å². The van der Waals surface area contributed by atoms with Crippen molar-refractivity contribution in [2.75, 3.05) is 0 Å². The van der Waals surface area contributed by atoms with Crippen molar-refractivity contribution in [3.8, 4) is 89.5 Å². The molecule has 114 heavy (non-hydrogen) atoms. The van der Waals surface area contributed by atoms with Gasteiger partial charge in [-0.15, -0.1) is 22.7 Å². The van der Waals surface area contributed by atoms with Crippen molar-refractivity contribution in [2.24, 2.45) is 0 Å². The van der Waals surface area contributed by atoms with Crippen LogP contribution in [0, 0.1) is 0 Å². The van der Waals surface area contributed by atoms with E-state index in [2.05, 4.69) is 431 Å². The maximum Gasteiger partial charge on any atom is 0.0541 e. The van der Waals surface area contributed by atoms with Crippen molar-refractivity contribution < 1.29 is 0 Å². The number of aromatic nitrogens is 4. The van der Waals surface area contributed by atoms with Gasteiger partial charge < -0.3 is 18.3 Å². The second-order valence-electron chi connectivity index (χ2n) is 29.9. The van der Waals surface area contributed by atoms with Crippen LogP contribution in [0.3, 0.4) is 0 Å². The maximum atomic E-state index is 2.41. The Morgan fingerprint density at radius 2 is 0.351 bits per heavy atom. The molecule has 6 aromatic heterocycles. The van der Waals surface area contributed by atoms with Crippen LogP contribution in [0.1, 0.15) is 0 Å². The fraction of sp³-hybridized carbons (Fsp3) is 0. The van der Waals surface area contributed by atoms with Crippen molar-refractivity contribution in [1.29, 1.82) is 0 Å². The minimum absolute atomic E-state index is 1.16. The first-order valence-corrected chi connectivity index (χ1v) is 40.6. The molecular formula is C108H68N4S2. The number of hydrogen-bond donors (Lipinski definition) is 0. The van der Waals surface area contributed by atoms with Crippen LogP contribution in [0.2, 0.25) is 0 Å². The Bertz CT molecular complexity index is 7930. The summed E-state index contributed by atoms with van der Waals surface area (Å²) in [5.41, 5.74) is 28.9. The second kappa shape index (κ2) is 26.7. The Morgan fingerprint density at radius 1 is 0.123 bits per heavy atom. The molecule has 0 saturated carbocycles. The van der Waals surface area contributed by atoms with Gasteiger partial charge in [0.05, 0.1) is 44.1 Å². The summed E-state index contributed by atoms with van der Waals surface area (Å²) in [6.45, 7) is 0. The normalized spacial score (nSPS) is 11.9. The third-order valence-electron chi connectivity index (χ3n) is 23.5. The third kappa shape index (κ3) is 10.9. The monoisotopic (exact) mass is 1480 g/mol. The highest BCUT2D eigenvalue weighted by molar-refractivity contribution is 7.26. The number of hydrogen-bond acceptors (Lipinski definition) is 2. The molecular weight excluding hydrogens is 1420 g/mol. The van der Waals surface area contributed by atoms with Crippen molar-refractivity contribution in [1.82, 2.24) is 18.3 Å². The lowest BCUT2D eigenvalue weighted by molar-refractivity contribution is 1.18. The van der Waals surface area contributed by atoms with Crippen molar-refractivity contribution in [2.45, 2.75) is 0 Å². The zero-order valence-corrected chi connectivity index (χ0v) is 63.5. The van der Waals surface area contributed by atoms with E-state index in [-0.39, 0.29) is 0 Å². The summed E-state index contributed by atoms with van der Waals surface area (Å²) < 4.78 is 14.9. The van der Waals surface area contributed by atoms with Crippen LogP contribution < -0.4 is 0 Å². The summed E-state index contributed by atoms with van der Waals surface area (Å²) in [5.74, 6) is 0. The van der Waals surface area contributed by atoms with E-state index in [1.807, 2.05) is 22.7 Å². The van der Waals surface area contributed by atoms with E-state index in [0.29, 0.717) is 0 Å². The predicted molar refractivity (Wildman–Crippen MR) is 489 cm³/mol. The lowest BCUT2D eigenvalue weighted by atomic mass is 9.98. The summed E-state index contributed by atoms with van der Waals surface area (Å²) in [4.78, 5) is 0. The molecule has 0 fully saturated rings. The van der Waals surface area contributed by atoms with E-state index in [1.54, 1.807) is 0 Å². The van der Waals surface area contributed by atoms with Crippen molar-refractivity contribution in [3.63, 3.8) is 0 Å². The molecule has 6 heteroatoms. The zero-order valence-electron chi connectivity index (χ0n) is 61.9. The Hall–Kier alpha value is -14.4. The SMILES string of the molecule is c1ccc(-c2ccc(-n3c4ccccc4c4cc(-c5ccc6c(c5)c5cc(-c7ccc8c(c7)sc7ccccc78)ccc5n6-c5ccccc5)ccc43)cc2)cc1.c1ccc(-c2ccc(-n3c4ccccc4c4cc(-c5ccc6c(c5)c5cc(-c7ccc8sc9ccccc9c8c7)ccc5n6-c5ccccc5)ccc43)cc2)cc1. The lowest BCUT2D eigenvalue weighted by Crippen LogP contribution is -1.94. The molecule has 24 aromatic rings. The summed E-state index contributed by atoms with van der Waals surface area (Å²) >= 11 is 3.74. The third-order valence-corrected chi connectivity index (χ3v) is 25.7. The highest BCUT2D eigenvalue weighted by Gasteiger charge is 2.22. The minimum Gasteiger partial charge on any atom is -0.309 e. The highest BCUT2D eigenvalue weighted by Crippen LogP contribution is 2.46. The van der Waals surface area contributed by atoms with Crippen LogP contribution in [0.5, 0.6) is 0 Å². The van der Waals surface area contributed by atoms with Crippen LogP contribution in [-0.4, -0.2) is 18.3 Å². The number of benzene rings is 18. The van der Waals surface area contributed by atoms with Gasteiger partial charge in [-0.05, 0) is 231 Å². The molecule has 0 atom stereocenters. The summed E-state index contributed by atoms with van der Waals surface area (Å²) in [5, 5.41) is 15.3. The average Bonchev–Trinajstić information content (AvgIpc) is 1.60. The van der Waals surface area contributed by atoms with Crippen LogP contribution in [0.25, 0.3) is 217 Å². The van der Waals surface area contributed by atoms with Gasteiger partial charge in [0.15, 0.2) is 0 Å². The molecule has 0 aliphatic carbocycles. The van der Waals surface area contributed by atoms with Gasteiger partial charge in [0.1, 0.15) is 0 Å². The molecule has 0 N–H and O–H groups in total. The molecule has 0 unspecified atom stereocenters. The van der Waals surface area contributed by atoms with Crippen LogP contribution in [0.4, 0.5) is 0 Å². The molecule has 6 heterocycles. The molecule has 18 aromatic carbocycles. The number of para-hydroxylation sites is 4. The van der Waals surface area contributed by atoms with Gasteiger partial charge >= 0.3 is 0 Å². The maximum absolute atomic E-state index is 2.41. The smallest absolute Gasteiger partial charge is 0.0541 e. The van der Waals surface area contributed by atoms with E-state index in [9.17, 15) is 0 Å². The lowest BCUT2D eigenvalue weighted by Gasteiger charge is -2.10. The van der Waals surface area contributed by atoms with Gasteiger partial charge in [0.2, 0.25) is 0 Å². The molecule has 0 spiro atoms. The zero-order chi connectivity index (χ0) is 74.9. The number of thiophene rings is 2. The van der Waals surface area contributed by atoms with Gasteiger partial charge in [-0.2, -0.15) is 0 Å². The first-order valence-electron chi connectivity index (χ1n) is 39.0. The van der Waals surface area contributed by atoms with Crippen LogP contribution in [0.15, 0.2) is 413 Å². The molecule has 532 valence electrons. The van der Waals surface area contributed by atoms with Gasteiger partial charge in [-0.3, -0.25) is 0 Å². The quantitative estimate of drug-likeness (QED) is 0.130. The average molecular weight is 1490 g/mol. The fourth-order valence-corrected chi connectivity index (χ4v) is 20.2. The van der Waals surface area contributed by atoms with Crippen LogP contribution >= 0.6 is 22.7 Å². The molecule has 0 aliphatic heterocycles. The van der Waals surface area contributed by atoms with Gasteiger partial charge in [-0.25, -0.2) is 0 Å². The molecule has 4 nitrogen and oxygen atoms in total. The number of nitrogens with zero attached hydrogens (tertiary/aromatic N) is 4. The molecule has 0 bridgehead atoms. The first kappa shape index (κ1) is 65.5. The topological polar surface area (TPSA) is 19.7 Å². The molecule has 0 radical (unpaired) electrons. The predicted octanol–water partition coefficient (Wildman–Crippen LogP) is 30.5. The first-order chi connectivity index (χ1) is 56.5. The largest absolute Gasteiger partial charge is 0.309 e. The van der Waals surface area contributed by atoms with Crippen LogP contribution in [-0.2, 0) is 0 Å². The van der Waals surface area contributed by atoms with Gasteiger partial charge in [-0.1, -0.05) is 249 Å². The van der Waals surface area contributed by atoms with E-state index in [0.717, 1.165) is 22.7 Å². The van der Waals surface area contributed by atoms with E-state index in [1.165, 1.54) is 194 Å². The van der Waals surface area contributed by atoms with E-state index in [4.69, 9.17) is 0 Å². The molecule has 0 aliphatic rings. The summed E-state index contributed by atoms with van der Waals surface area (Å²) in [7, 11) is 0. The fourth-order valence-electron chi connectivity index (χ4n) is 18.0. The Morgan fingerprint density at radius 3 is 0.737 bits per heavy atom. The number of rotatable bonds is 10. The number of fused-ring (bicyclic) bond motifs is 18. The van der Waals surface area contributed by atoms with E-state index >= 15 is 0 Å². The molecule has 0 amide bonds. The summed E-state index contributed by atoms with van der Waals surface area (Å²) in [6, 6.07) is 151. The standard InChI is InChI=1S/2C54H34N2S/c1-3-11-35(12-4-1)36-19-25-42(26-20-36)56-49-17-9-7-15-43(49)46-31-37(22-28-50(46)56)38-23-29-51-47(32-38)48-33-39(24-30-52(48)55(51)41-13-5-2-6-14-41)40-21-27-45-44-16-8-10-18-53(44)57-54(45)34-40;1-3-11-35(12-4-1)36-19-25-42(26-20-36)56-49-17-9-7-15-43(49)45-31-37(21-27-50(45)56)38-22-28-51-46(32-38)47-33-39(23-29-52(47)55(51)41-13-5-2-6-14-41)40-24-30-54-48(34-40)44-16-8-10-18-53(44)57-54/h2*1-34H. The minimum atomic E-state index is 1.16. The Labute approximate surface area is 665 Å². The highest BCUT2D eigenvalue weighted by atomic mass is 32.1. The Balaban J connectivity index is 0.000000135. The van der Waals surface area contributed by atoms with Crippen molar-refractivity contribution in [3.05, 3.63) is 413 Å². The van der Waals surface area contributed by atoms with Gasteiger partial charge in [0.25, 0.3) is 0 Å². The Kier molecular flexibility index (Phi) is 15.3. The molecule has 24 rings (SSSR count). The second-order valence-corrected chi connectivity index (χ2v) is 32.1. The molecule has 0 saturated heterocycles.